The molecule has 2 aromatic carbocycles. The van der Waals surface area contributed by atoms with Gasteiger partial charge in [0.15, 0.2) is 0 Å². The van der Waals surface area contributed by atoms with Crippen molar-refractivity contribution in [2.45, 2.75) is 32.2 Å². The third-order valence-corrected chi connectivity index (χ3v) is 6.19. The third kappa shape index (κ3) is 6.38. The van der Waals surface area contributed by atoms with Gasteiger partial charge in [-0.2, -0.15) is 0 Å². The van der Waals surface area contributed by atoms with E-state index >= 15 is 0 Å². The molecule has 0 unspecified atom stereocenters. The molecule has 1 saturated heterocycles. The zero-order valence-electron chi connectivity index (χ0n) is 15.8. The first-order chi connectivity index (χ1) is 13.5. The standard InChI is InChI=1S/C22H25Cl3N2O/c23-19-6-3-16(4-7-19)2-1-11-26-22(28)18-9-12-27(13-10-18)15-17-5-8-20(24)21(25)14-17/h3-8,14,18H,1-2,9-13,15H2,(H,26,28). The number of rotatable bonds is 7. The number of piperidine rings is 1. The van der Waals surface area contributed by atoms with Gasteiger partial charge in [-0.3, -0.25) is 9.69 Å². The Kier molecular flexibility index (Phi) is 8.04. The predicted octanol–water partition coefficient (Wildman–Crippen LogP) is 5.61. The summed E-state index contributed by atoms with van der Waals surface area (Å²) >= 11 is 18.0. The Morgan fingerprint density at radius 3 is 2.32 bits per heavy atom. The molecule has 2 aromatic rings. The highest BCUT2D eigenvalue weighted by molar-refractivity contribution is 6.42. The van der Waals surface area contributed by atoms with Gasteiger partial charge in [0.25, 0.3) is 0 Å². The Labute approximate surface area is 182 Å². The second-order valence-electron chi connectivity index (χ2n) is 7.32. The minimum atomic E-state index is 0.112. The lowest BCUT2D eigenvalue weighted by molar-refractivity contribution is -0.126. The first-order valence-electron chi connectivity index (χ1n) is 9.69. The number of amides is 1. The molecule has 1 amide bonds. The topological polar surface area (TPSA) is 32.3 Å². The number of aryl methyl sites for hydroxylation is 1. The van der Waals surface area contributed by atoms with Crippen LogP contribution in [0.1, 0.15) is 30.4 Å². The van der Waals surface area contributed by atoms with Gasteiger partial charge < -0.3 is 5.32 Å². The van der Waals surface area contributed by atoms with E-state index in [4.69, 9.17) is 34.8 Å². The van der Waals surface area contributed by atoms with Crippen LogP contribution in [0.4, 0.5) is 0 Å². The van der Waals surface area contributed by atoms with Crippen LogP contribution < -0.4 is 5.32 Å². The van der Waals surface area contributed by atoms with Gasteiger partial charge in [-0.1, -0.05) is 53.0 Å². The zero-order valence-corrected chi connectivity index (χ0v) is 18.0. The summed E-state index contributed by atoms with van der Waals surface area (Å²) in [6.45, 7) is 3.39. The molecule has 150 valence electrons. The van der Waals surface area contributed by atoms with E-state index in [-0.39, 0.29) is 11.8 Å². The first kappa shape index (κ1) is 21.4. The Hall–Kier alpha value is -1.26. The number of halogens is 3. The lowest BCUT2D eigenvalue weighted by Crippen LogP contribution is -2.40. The van der Waals surface area contributed by atoms with Gasteiger partial charge in [-0.15, -0.1) is 0 Å². The maximum atomic E-state index is 12.4. The van der Waals surface area contributed by atoms with E-state index in [0.717, 1.165) is 55.9 Å². The quantitative estimate of drug-likeness (QED) is 0.569. The van der Waals surface area contributed by atoms with Crippen LogP contribution in [0.15, 0.2) is 42.5 Å². The summed E-state index contributed by atoms with van der Waals surface area (Å²) in [7, 11) is 0. The van der Waals surface area contributed by atoms with Crippen molar-refractivity contribution in [3.63, 3.8) is 0 Å². The Bertz CT molecular complexity index is 787. The van der Waals surface area contributed by atoms with E-state index < -0.39 is 0 Å². The maximum Gasteiger partial charge on any atom is 0.223 e. The summed E-state index contributed by atoms with van der Waals surface area (Å²) in [6, 6.07) is 13.6. The fraction of sp³-hybridized carbons (Fsp3) is 0.409. The molecular weight excluding hydrogens is 415 g/mol. The van der Waals surface area contributed by atoms with Crippen molar-refractivity contribution in [1.29, 1.82) is 0 Å². The number of nitrogens with one attached hydrogen (secondary N) is 1. The van der Waals surface area contributed by atoms with Crippen molar-refractivity contribution >= 4 is 40.7 Å². The van der Waals surface area contributed by atoms with Crippen molar-refractivity contribution in [1.82, 2.24) is 10.2 Å². The van der Waals surface area contributed by atoms with Crippen LogP contribution in [-0.4, -0.2) is 30.4 Å². The van der Waals surface area contributed by atoms with Crippen LogP contribution in [0.5, 0.6) is 0 Å². The van der Waals surface area contributed by atoms with Crippen LogP contribution in [-0.2, 0) is 17.8 Å². The monoisotopic (exact) mass is 438 g/mol. The van der Waals surface area contributed by atoms with Gasteiger partial charge >= 0.3 is 0 Å². The van der Waals surface area contributed by atoms with Gasteiger partial charge in [-0.25, -0.2) is 0 Å². The van der Waals surface area contributed by atoms with Gasteiger partial charge in [-0.05, 0) is 74.2 Å². The molecule has 0 aromatic heterocycles. The van der Waals surface area contributed by atoms with Gasteiger partial charge in [0.05, 0.1) is 10.0 Å². The second-order valence-corrected chi connectivity index (χ2v) is 8.57. The van der Waals surface area contributed by atoms with E-state index in [0.29, 0.717) is 16.6 Å². The van der Waals surface area contributed by atoms with Crippen LogP contribution >= 0.6 is 34.8 Å². The molecule has 28 heavy (non-hydrogen) atoms. The molecule has 1 fully saturated rings. The number of benzene rings is 2. The average molecular weight is 440 g/mol. The van der Waals surface area contributed by atoms with E-state index in [2.05, 4.69) is 10.2 Å². The second kappa shape index (κ2) is 10.5. The molecule has 1 N–H and O–H groups in total. The van der Waals surface area contributed by atoms with Gasteiger partial charge in [0.2, 0.25) is 5.91 Å². The highest BCUT2D eigenvalue weighted by Gasteiger charge is 2.24. The summed E-state index contributed by atoms with van der Waals surface area (Å²) < 4.78 is 0. The molecule has 0 atom stereocenters. The fourth-order valence-electron chi connectivity index (χ4n) is 3.55. The SMILES string of the molecule is O=C(NCCCc1ccc(Cl)cc1)C1CCN(Cc2ccc(Cl)c(Cl)c2)CC1. The summed E-state index contributed by atoms with van der Waals surface area (Å²) in [5.74, 6) is 0.297. The molecule has 1 aliphatic heterocycles. The number of hydrogen-bond donors (Lipinski definition) is 1. The van der Waals surface area contributed by atoms with E-state index in [1.54, 1.807) is 0 Å². The van der Waals surface area contributed by atoms with E-state index in [1.165, 1.54) is 5.56 Å². The van der Waals surface area contributed by atoms with Crippen LogP contribution in [0.25, 0.3) is 0 Å². The normalized spacial score (nSPS) is 15.5. The van der Waals surface area contributed by atoms with Crippen LogP contribution in [0.2, 0.25) is 15.1 Å². The molecule has 0 saturated carbocycles. The molecule has 1 heterocycles. The molecule has 6 heteroatoms. The van der Waals surface area contributed by atoms with Crippen molar-refractivity contribution in [2.24, 2.45) is 5.92 Å². The van der Waals surface area contributed by atoms with Crippen molar-refractivity contribution in [3.8, 4) is 0 Å². The smallest absolute Gasteiger partial charge is 0.223 e. The van der Waals surface area contributed by atoms with E-state index in [1.807, 2.05) is 42.5 Å². The van der Waals surface area contributed by atoms with Crippen molar-refractivity contribution < 1.29 is 4.79 Å². The molecule has 3 rings (SSSR count). The minimum absolute atomic E-state index is 0.112. The predicted molar refractivity (Wildman–Crippen MR) is 117 cm³/mol. The molecule has 0 aliphatic carbocycles. The number of hydrogen-bond acceptors (Lipinski definition) is 2. The highest BCUT2D eigenvalue weighted by atomic mass is 35.5. The summed E-state index contributed by atoms with van der Waals surface area (Å²) in [4.78, 5) is 14.8. The van der Waals surface area contributed by atoms with Crippen LogP contribution in [0, 0.1) is 5.92 Å². The zero-order chi connectivity index (χ0) is 19.9. The first-order valence-corrected chi connectivity index (χ1v) is 10.8. The maximum absolute atomic E-state index is 12.4. The Balaban J connectivity index is 1.35. The average Bonchev–Trinajstić information content (AvgIpc) is 2.70. The number of carbonyl (C=O) groups is 1. The number of likely N-dealkylation sites (tertiary alicyclic amines) is 1. The number of carbonyl (C=O) groups excluding carboxylic acids is 1. The molecule has 1 aliphatic rings. The lowest BCUT2D eigenvalue weighted by atomic mass is 9.95. The Morgan fingerprint density at radius 1 is 0.964 bits per heavy atom. The minimum Gasteiger partial charge on any atom is -0.356 e. The summed E-state index contributed by atoms with van der Waals surface area (Å²) in [5.41, 5.74) is 2.40. The number of nitrogens with zero attached hydrogens (tertiary/aromatic N) is 1. The molecule has 3 nitrogen and oxygen atoms in total. The Morgan fingerprint density at radius 2 is 1.64 bits per heavy atom. The molecule has 0 bridgehead atoms. The van der Waals surface area contributed by atoms with Crippen molar-refractivity contribution in [2.75, 3.05) is 19.6 Å². The van der Waals surface area contributed by atoms with Crippen molar-refractivity contribution in [3.05, 3.63) is 68.7 Å². The molecule has 0 radical (unpaired) electrons. The van der Waals surface area contributed by atoms with Gasteiger partial charge in [0.1, 0.15) is 0 Å². The highest BCUT2D eigenvalue weighted by Crippen LogP contribution is 2.25. The van der Waals surface area contributed by atoms with Crippen LogP contribution in [0.3, 0.4) is 0 Å². The third-order valence-electron chi connectivity index (χ3n) is 5.20. The molecule has 0 spiro atoms. The molecular formula is C22H25Cl3N2O. The van der Waals surface area contributed by atoms with E-state index in [9.17, 15) is 4.79 Å². The summed E-state index contributed by atoms with van der Waals surface area (Å²) in [5, 5.41) is 5.02. The van der Waals surface area contributed by atoms with Gasteiger partial charge in [0, 0.05) is 24.0 Å². The lowest BCUT2D eigenvalue weighted by Gasteiger charge is -2.31. The summed E-state index contributed by atoms with van der Waals surface area (Å²) in [6.07, 6.45) is 3.66. The largest absolute Gasteiger partial charge is 0.356 e. The fourth-order valence-corrected chi connectivity index (χ4v) is 4.00.